The molecule has 1 saturated heterocycles. The van der Waals surface area contributed by atoms with E-state index in [0.717, 1.165) is 18.2 Å². The van der Waals surface area contributed by atoms with E-state index >= 15 is 0 Å². The van der Waals surface area contributed by atoms with Crippen LogP contribution in [-0.2, 0) is 16.4 Å². The lowest BCUT2D eigenvalue weighted by Gasteiger charge is -2.30. The predicted octanol–water partition coefficient (Wildman–Crippen LogP) is 1.62. The minimum absolute atomic E-state index is 0.0242. The van der Waals surface area contributed by atoms with Gasteiger partial charge >= 0.3 is 0 Å². The van der Waals surface area contributed by atoms with E-state index in [2.05, 4.69) is 10.3 Å². The van der Waals surface area contributed by atoms with E-state index < -0.39 is 9.84 Å². The van der Waals surface area contributed by atoms with Gasteiger partial charge in [-0.2, -0.15) is 0 Å². The van der Waals surface area contributed by atoms with Crippen molar-refractivity contribution in [2.24, 2.45) is 0 Å². The Balaban J connectivity index is 1.76. The van der Waals surface area contributed by atoms with Crippen LogP contribution in [0.1, 0.15) is 22.3 Å². The van der Waals surface area contributed by atoms with Crippen LogP contribution in [0.5, 0.6) is 0 Å². The van der Waals surface area contributed by atoms with E-state index in [1.54, 1.807) is 29.5 Å². The van der Waals surface area contributed by atoms with Gasteiger partial charge in [-0.3, -0.25) is 14.8 Å². The number of thiocarbonyl (C=S) groups is 1. The molecule has 0 aliphatic carbocycles. The minimum Gasteiger partial charge on any atom is -0.357 e. The Morgan fingerprint density at radius 3 is 2.63 bits per heavy atom. The highest BCUT2D eigenvalue weighted by atomic mass is 32.2. The van der Waals surface area contributed by atoms with Crippen molar-refractivity contribution in [2.75, 3.05) is 19.3 Å². The van der Waals surface area contributed by atoms with Crippen LogP contribution in [0.4, 0.5) is 0 Å². The number of aromatic nitrogens is 1. The van der Waals surface area contributed by atoms with Crippen LogP contribution in [-0.4, -0.2) is 53.8 Å². The van der Waals surface area contributed by atoms with E-state index in [1.807, 2.05) is 12.1 Å². The van der Waals surface area contributed by atoms with Crippen molar-refractivity contribution in [3.63, 3.8) is 0 Å². The van der Waals surface area contributed by atoms with Crippen LogP contribution in [0.15, 0.2) is 53.7 Å². The van der Waals surface area contributed by atoms with Crippen molar-refractivity contribution in [3.8, 4) is 0 Å². The average Bonchev–Trinajstić information content (AvgIpc) is 3.15. The molecule has 1 N–H and O–H groups in total. The van der Waals surface area contributed by atoms with E-state index in [9.17, 15) is 13.2 Å². The van der Waals surface area contributed by atoms with Gasteiger partial charge in [0.2, 0.25) is 0 Å². The Kier molecular flexibility index (Phi) is 5.71. The molecule has 2 aromatic rings. The van der Waals surface area contributed by atoms with E-state index in [1.165, 1.54) is 17.1 Å². The molecule has 1 fully saturated rings. The van der Waals surface area contributed by atoms with Gasteiger partial charge in [-0.1, -0.05) is 18.2 Å². The first-order valence-corrected chi connectivity index (χ1v) is 10.7. The first-order valence-electron chi connectivity index (χ1n) is 8.43. The molecule has 27 heavy (non-hydrogen) atoms. The number of sulfone groups is 1. The summed E-state index contributed by atoms with van der Waals surface area (Å²) in [6.45, 7) is 1.56. The topological polar surface area (TPSA) is 82.6 Å². The van der Waals surface area contributed by atoms with Crippen molar-refractivity contribution >= 4 is 33.1 Å². The lowest BCUT2D eigenvalue weighted by Crippen LogP contribution is -2.49. The standard InChI is InChI=1S/C18H20N4O3S2/c1-27(24,25)16-8-3-2-7-15(16)17(23)21-10-5-11-22(21)18(26)20-13-14-6-4-9-19-12-14/h2-4,6-9,12H,5,10-11,13H2,1H3,(H,20,26). The summed E-state index contributed by atoms with van der Waals surface area (Å²) in [6.07, 6.45) is 5.29. The molecule has 142 valence electrons. The van der Waals surface area contributed by atoms with Gasteiger partial charge in [0.25, 0.3) is 5.91 Å². The maximum atomic E-state index is 13.0. The fraction of sp³-hybridized carbons (Fsp3) is 0.278. The molecule has 3 rings (SSSR count). The third kappa shape index (κ3) is 4.42. The Hall–Kier alpha value is -2.52. The lowest BCUT2D eigenvalue weighted by atomic mass is 10.2. The fourth-order valence-electron chi connectivity index (χ4n) is 2.91. The summed E-state index contributed by atoms with van der Waals surface area (Å²) in [5.41, 5.74) is 1.13. The van der Waals surface area contributed by atoms with Crippen LogP contribution in [0.2, 0.25) is 0 Å². The molecular formula is C18H20N4O3S2. The zero-order chi connectivity index (χ0) is 19.4. The number of nitrogens with one attached hydrogen (secondary N) is 1. The van der Waals surface area contributed by atoms with Gasteiger partial charge < -0.3 is 5.32 Å². The molecule has 0 radical (unpaired) electrons. The van der Waals surface area contributed by atoms with Crippen LogP contribution < -0.4 is 5.32 Å². The number of nitrogens with zero attached hydrogens (tertiary/aromatic N) is 3. The first kappa shape index (κ1) is 19.2. The van der Waals surface area contributed by atoms with Gasteiger partial charge in [0.1, 0.15) is 0 Å². The molecule has 1 amide bonds. The van der Waals surface area contributed by atoms with Crippen molar-refractivity contribution in [3.05, 3.63) is 59.9 Å². The predicted molar refractivity (Wildman–Crippen MR) is 106 cm³/mol. The number of hydrogen-bond donors (Lipinski definition) is 1. The quantitative estimate of drug-likeness (QED) is 0.776. The maximum absolute atomic E-state index is 13.0. The lowest BCUT2D eigenvalue weighted by molar-refractivity contribution is 0.0487. The number of rotatable bonds is 4. The van der Waals surface area contributed by atoms with E-state index in [4.69, 9.17) is 12.2 Å². The zero-order valence-electron chi connectivity index (χ0n) is 14.8. The van der Waals surface area contributed by atoms with Crippen LogP contribution in [0, 0.1) is 0 Å². The summed E-state index contributed by atoms with van der Waals surface area (Å²) >= 11 is 5.45. The normalized spacial score (nSPS) is 14.3. The molecule has 0 atom stereocenters. The number of pyridine rings is 1. The molecule has 0 saturated carbocycles. The fourth-order valence-corrected chi connectivity index (χ4v) is 4.05. The monoisotopic (exact) mass is 404 g/mol. The van der Waals surface area contributed by atoms with Crippen molar-refractivity contribution in [2.45, 2.75) is 17.9 Å². The molecule has 1 aromatic carbocycles. The summed E-state index contributed by atoms with van der Waals surface area (Å²) < 4.78 is 24.0. The number of carbonyl (C=O) groups is 1. The van der Waals surface area contributed by atoms with Crippen molar-refractivity contribution in [1.29, 1.82) is 0 Å². The summed E-state index contributed by atoms with van der Waals surface area (Å²) in [7, 11) is -3.51. The first-order chi connectivity index (χ1) is 12.9. The Labute approximate surface area is 163 Å². The molecule has 2 heterocycles. The molecule has 9 heteroatoms. The molecule has 7 nitrogen and oxygen atoms in total. The second-order valence-corrected chi connectivity index (χ2v) is 8.56. The second-order valence-electron chi connectivity index (χ2n) is 6.19. The highest BCUT2D eigenvalue weighted by Crippen LogP contribution is 2.21. The van der Waals surface area contributed by atoms with Gasteiger partial charge in [0.15, 0.2) is 14.9 Å². The summed E-state index contributed by atoms with van der Waals surface area (Å²) in [6, 6.07) is 10.0. The number of amides is 1. The molecule has 1 aromatic heterocycles. The maximum Gasteiger partial charge on any atom is 0.273 e. The number of hydrazine groups is 1. The number of benzene rings is 1. The van der Waals surface area contributed by atoms with Gasteiger partial charge in [0, 0.05) is 38.3 Å². The Morgan fingerprint density at radius 2 is 1.93 bits per heavy atom. The Bertz CT molecular complexity index is 948. The summed E-state index contributed by atoms with van der Waals surface area (Å²) in [5, 5.41) is 6.74. The highest BCUT2D eigenvalue weighted by Gasteiger charge is 2.31. The molecule has 0 bridgehead atoms. The minimum atomic E-state index is -3.51. The van der Waals surface area contributed by atoms with Crippen LogP contribution in [0.25, 0.3) is 0 Å². The van der Waals surface area contributed by atoms with Gasteiger partial charge in [-0.25, -0.2) is 13.4 Å². The second kappa shape index (κ2) is 8.01. The Morgan fingerprint density at radius 1 is 1.19 bits per heavy atom. The molecule has 0 spiro atoms. The highest BCUT2D eigenvalue weighted by molar-refractivity contribution is 7.90. The molecule has 1 aliphatic rings. The van der Waals surface area contributed by atoms with Crippen molar-refractivity contribution in [1.82, 2.24) is 20.3 Å². The third-order valence-corrected chi connectivity index (χ3v) is 5.69. The largest absolute Gasteiger partial charge is 0.357 e. The number of carbonyl (C=O) groups excluding carboxylic acids is 1. The molecule has 1 aliphatic heterocycles. The van der Waals surface area contributed by atoms with Gasteiger partial charge in [0.05, 0.1) is 10.5 Å². The third-order valence-electron chi connectivity index (χ3n) is 4.18. The van der Waals surface area contributed by atoms with Crippen LogP contribution in [0.3, 0.4) is 0 Å². The van der Waals surface area contributed by atoms with E-state index in [0.29, 0.717) is 24.7 Å². The van der Waals surface area contributed by atoms with E-state index in [-0.39, 0.29) is 16.4 Å². The van der Waals surface area contributed by atoms with Gasteiger partial charge in [-0.05, 0) is 42.4 Å². The zero-order valence-corrected chi connectivity index (χ0v) is 16.5. The molecular weight excluding hydrogens is 384 g/mol. The summed E-state index contributed by atoms with van der Waals surface area (Å²) in [5.74, 6) is -0.376. The van der Waals surface area contributed by atoms with Gasteiger partial charge in [-0.15, -0.1) is 0 Å². The SMILES string of the molecule is CS(=O)(=O)c1ccccc1C(=O)N1CCCN1C(=S)NCc1cccnc1. The number of hydrogen-bond acceptors (Lipinski definition) is 5. The van der Waals surface area contributed by atoms with Crippen LogP contribution >= 0.6 is 12.2 Å². The smallest absolute Gasteiger partial charge is 0.273 e. The summed E-state index contributed by atoms with van der Waals surface area (Å²) in [4.78, 5) is 17.1. The molecule has 0 unspecified atom stereocenters. The van der Waals surface area contributed by atoms with Crippen molar-refractivity contribution < 1.29 is 13.2 Å². The average molecular weight is 405 g/mol.